The van der Waals surface area contributed by atoms with E-state index in [1.165, 1.54) is 0 Å². The van der Waals surface area contributed by atoms with Crippen molar-refractivity contribution in [2.24, 2.45) is 0 Å². The van der Waals surface area contributed by atoms with Crippen molar-refractivity contribution in [1.29, 1.82) is 0 Å². The SMILES string of the molecule is O=C(O)CNC(=O)CNS(=O)(=O)c1ccc(F)c(F)c1. The van der Waals surface area contributed by atoms with Crippen molar-refractivity contribution in [2.45, 2.75) is 4.90 Å². The Balaban J connectivity index is 2.68. The fourth-order valence-electron chi connectivity index (χ4n) is 1.12. The molecule has 1 aromatic carbocycles. The first-order chi connectivity index (χ1) is 9.22. The molecule has 20 heavy (non-hydrogen) atoms. The van der Waals surface area contributed by atoms with Crippen molar-refractivity contribution >= 4 is 21.9 Å². The summed E-state index contributed by atoms with van der Waals surface area (Å²) in [5.41, 5.74) is 0. The second-order valence-corrected chi connectivity index (χ2v) is 5.34. The van der Waals surface area contributed by atoms with E-state index >= 15 is 0 Å². The van der Waals surface area contributed by atoms with Crippen LogP contribution >= 0.6 is 0 Å². The van der Waals surface area contributed by atoms with Crippen LogP contribution in [0.2, 0.25) is 0 Å². The molecule has 0 atom stereocenters. The van der Waals surface area contributed by atoms with Gasteiger partial charge in [-0.1, -0.05) is 0 Å². The van der Waals surface area contributed by atoms with Crippen molar-refractivity contribution in [3.05, 3.63) is 29.8 Å². The number of amides is 1. The number of hydrogen-bond acceptors (Lipinski definition) is 4. The molecule has 0 radical (unpaired) electrons. The van der Waals surface area contributed by atoms with E-state index in [0.717, 1.165) is 6.07 Å². The summed E-state index contributed by atoms with van der Waals surface area (Å²) in [5.74, 6) is -4.72. The Bertz CT molecular complexity index is 633. The third-order valence-electron chi connectivity index (χ3n) is 2.06. The van der Waals surface area contributed by atoms with Gasteiger partial charge in [0.15, 0.2) is 11.6 Å². The van der Waals surface area contributed by atoms with E-state index in [9.17, 15) is 26.8 Å². The van der Waals surface area contributed by atoms with Crippen LogP contribution in [0, 0.1) is 11.6 Å². The monoisotopic (exact) mass is 308 g/mol. The summed E-state index contributed by atoms with van der Waals surface area (Å²) in [4.78, 5) is 20.7. The van der Waals surface area contributed by atoms with Gasteiger partial charge in [-0.05, 0) is 18.2 Å². The second kappa shape index (κ2) is 6.39. The predicted molar refractivity (Wildman–Crippen MR) is 62.2 cm³/mol. The molecule has 0 bridgehead atoms. The molecule has 0 spiro atoms. The lowest BCUT2D eigenvalue weighted by Gasteiger charge is -2.07. The molecular formula is C10H10F2N2O5S. The molecule has 0 aliphatic carbocycles. The van der Waals surface area contributed by atoms with E-state index in [1.807, 2.05) is 10.0 Å². The smallest absolute Gasteiger partial charge is 0.322 e. The zero-order chi connectivity index (χ0) is 15.3. The van der Waals surface area contributed by atoms with Gasteiger partial charge in [-0.2, -0.15) is 0 Å². The maximum absolute atomic E-state index is 12.9. The number of hydrogen-bond donors (Lipinski definition) is 3. The lowest BCUT2D eigenvalue weighted by molar-refractivity contribution is -0.137. The lowest BCUT2D eigenvalue weighted by atomic mass is 10.3. The largest absolute Gasteiger partial charge is 0.480 e. The lowest BCUT2D eigenvalue weighted by Crippen LogP contribution is -2.39. The first kappa shape index (κ1) is 16.0. The van der Waals surface area contributed by atoms with Crippen molar-refractivity contribution in [3.8, 4) is 0 Å². The maximum Gasteiger partial charge on any atom is 0.322 e. The number of rotatable bonds is 6. The van der Waals surface area contributed by atoms with Crippen molar-refractivity contribution in [3.63, 3.8) is 0 Å². The van der Waals surface area contributed by atoms with Gasteiger partial charge in [0, 0.05) is 0 Å². The third-order valence-corrected chi connectivity index (χ3v) is 3.46. The number of carbonyl (C=O) groups is 2. The summed E-state index contributed by atoms with van der Waals surface area (Å²) >= 11 is 0. The fourth-order valence-corrected chi connectivity index (χ4v) is 2.12. The van der Waals surface area contributed by atoms with Crippen molar-refractivity contribution in [2.75, 3.05) is 13.1 Å². The molecule has 3 N–H and O–H groups in total. The first-order valence-corrected chi connectivity index (χ1v) is 6.64. The molecule has 0 fully saturated rings. The standard InChI is InChI=1S/C10H10F2N2O5S/c11-7-2-1-6(3-8(7)12)20(18,19)14-4-9(15)13-5-10(16)17/h1-3,14H,4-5H2,(H,13,15)(H,16,17). The molecule has 1 rings (SSSR count). The molecule has 1 aromatic rings. The normalized spacial score (nSPS) is 11.1. The number of carboxylic acid groups (broad SMARTS) is 1. The number of carbonyl (C=O) groups excluding carboxylic acids is 1. The van der Waals surface area contributed by atoms with Crippen LogP contribution in [0.25, 0.3) is 0 Å². The van der Waals surface area contributed by atoms with Crippen molar-refractivity contribution in [1.82, 2.24) is 10.0 Å². The minimum Gasteiger partial charge on any atom is -0.480 e. The van der Waals surface area contributed by atoms with Crippen LogP contribution in [0.1, 0.15) is 0 Å². The van der Waals surface area contributed by atoms with Gasteiger partial charge in [-0.15, -0.1) is 0 Å². The Kier molecular flexibility index (Phi) is 5.11. The molecule has 0 heterocycles. The quantitative estimate of drug-likeness (QED) is 0.652. The third kappa shape index (κ3) is 4.55. The molecule has 0 unspecified atom stereocenters. The van der Waals surface area contributed by atoms with E-state index in [2.05, 4.69) is 0 Å². The van der Waals surface area contributed by atoms with Gasteiger partial charge in [0.25, 0.3) is 0 Å². The summed E-state index contributed by atoms with van der Waals surface area (Å²) in [6.07, 6.45) is 0. The Morgan fingerprint density at radius 2 is 1.80 bits per heavy atom. The Morgan fingerprint density at radius 1 is 1.15 bits per heavy atom. The average molecular weight is 308 g/mol. The summed E-state index contributed by atoms with van der Waals surface area (Å²) in [5, 5.41) is 10.2. The minimum atomic E-state index is -4.20. The highest BCUT2D eigenvalue weighted by Gasteiger charge is 2.17. The Morgan fingerprint density at radius 3 is 2.35 bits per heavy atom. The first-order valence-electron chi connectivity index (χ1n) is 5.15. The van der Waals surface area contributed by atoms with Gasteiger partial charge in [0.05, 0.1) is 11.4 Å². The predicted octanol–water partition coefficient (Wildman–Crippen LogP) is -0.556. The summed E-state index contributed by atoms with van der Waals surface area (Å²) in [6, 6.07) is 1.93. The van der Waals surface area contributed by atoms with Crippen LogP contribution in [-0.2, 0) is 19.6 Å². The van der Waals surface area contributed by atoms with Crippen molar-refractivity contribution < 1.29 is 31.9 Å². The molecule has 0 saturated carbocycles. The number of aliphatic carboxylic acids is 1. The molecule has 0 saturated heterocycles. The molecule has 10 heteroatoms. The van der Waals surface area contributed by atoms with E-state index in [0.29, 0.717) is 12.1 Å². The van der Waals surface area contributed by atoms with Gasteiger partial charge in [0.1, 0.15) is 6.54 Å². The van der Waals surface area contributed by atoms with E-state index < -0.39 is 51.5 Å². The highest BCUT2D eigenvalue weighted by Crippen LogP contribution is 2.13. The average Bonchev–Trinajstić information content (AvgIpc) is 2.37. The van der Waals surface area contributed by atoms with Gasteiger partial charge in [0.2, 0.25) is 15.9 Å². The molecule has 1 amide bonds. The summed E-state index contributed by atoms with van der Waals surface area (Å²) in [7, 11) is -4.20. The Labute approximate surface area is 112 Å². The van der Waals surface area contributed by atoms with Gasteiger partial charge in [-0.3, -0.25) is 9.59 Å². The van der Waals surface area contributed by atoms with Crippen LogP contribution in [0.15, 0.2) is 23.1 Å². The van der Waals surface area contributed by atoms with Gasteiger partial charge in [-0.25, -0.2) is 21.9 Å². The van der Waals surface area contributed by atoms with Crippen LogP contribution < -0.4 is 10.0 Å². The fraction of sp³-hybridized carbons (Fsp3) is 0.200. The van der Waals surface area contributed by atoms with Crippen LogP contribution in [0.3, 0.4) is 0 Å². The molecule has 0 aliphatic heterocycles. The number of sulfonamides is 1. The second-order valence-electron chi connectivity index (χ2n) is 3.57. The Hall–Kier alpha value is -2.07. The van der Waals surface area contributed by atoms with Gasteiger partial charge < -0.3 is 10.4 Å². The summed E-state index contributed by atoms with van der Waals surface area (Å²) in [6.45, 7) is -1.39. The van der Waals surface area contributed by atoms with Crippen LogP contribution in [0.4, 0.5) is 8.78 Å². The van der Waals surface area contributed by atoms with E-state index in [1.54, 1.807) is 0 Å². The van der Waals surface area contributed by atoms with E-state index in [4.69, 9.17) is 5.11 Å². The van der Waals surface area contributed by atoms with Crippen LogP contribution in [0.5, 0.6) is 0 Å². The molecule has 110 valence electrons. The zero-order valence-electron chi connectivity index (χ0n) is 9.89. The maximum atomic E-state index is 12.9. The highest BCUT2D eigenvalue weighted by atomic mass is 32.2. The van der Waals surface area contributed by atoms with E-state index in [-0.39, 0.29) is 0 Å². The van der Waals surface area contributed by atoms with Crippen LogP contribution in [-0.4, -0.2) is 38.5 Å². The molecule has 0 aromatic heterocycles. The molecule has 7 nitrogen and oxygen atoms in total. The number of nitrogens with one attached hydrogen (secondary N) is 2. The van der Waals surface area contributed by atoms with Gasteiger partial charge >= 0.3 is 5.97 Å². The number of carboxylic acids is 1. The number of benzene rings is 1. The number of halogens is 2. The highest BCUT2D eigenvalue weighted by molar-refractivity contribution is 7.89. The summed E-state index contributed by atoms with van der Waals surface area (Å²) < 4.78 is 50.7. The zero-order valence-corrected chi connectivity index (χ0v) is 10.7. The molecular weight excluding hydrogens is 298 g/mol. The minimum absolute atomic E-state index is 0.465. The molecule has 0 aliphatic rings. The topological polar surface area (TPSA) is 113 Å².